The van der Waals surface area contributed by atoms with Gasteiger partial charge in [0, 0.05) is 16.7 Å². The number of hydrogen-bond donors (Lipinski definition) is 1. The SMILES string of the molecule is Cc1c(C(=O)NC(C)(C)C)c(C)c([N+](=O)[O-])c(C)c1[N+](=O)[O-]. The lowest BCUT2D eigenvalue weighted by molar-refractivity contribution is -0.396. The number of carbonyl (C=O) groups excluding carboxylic acids is 1. The summed E-state index contributed by atoms with van der Waals surface area (Å²) in [4.78, 5) is 33.5. The number of carbonyl (C=O) groups is 1. The van der Waals surface area contributed by atoms with Crippen molar-refractivity contribution in [1.29, 1.82) is 0 Å². The van der Waals surface area contributed by atoms with Crippen LogP contribution in [-0.4, -0.2) is 21.3 Å². The predicted octanol–water partition coefficient (Wildman–Crippen LogP) is 2.96. The van der Waals surface area contributed by atoms with Gasteiger partial charge in [-0.3, -0.25) is 25.0 Å². The standard InChI is InChI=1S/C14H19N3O5/c1-7-10(13(18)15-14(4,5)6)8(2)12(17(21)22)9(3)11(7)16(19)20/h1-6H3,(H,15,18). The van der Waals surface area contributed by atoms with Crippen LogP contribution in [0.4, 0.5) is 11.4 Å². The first-order valence-electron chi connectivity index (χ1n) is 6.63. The van der Waals surface area contributed by atoms with Crippen LogP contribution in [0.1, 0.15) is 47.8 Å². The summed E-state index contributed by atoms with van der Waals surface area (Å²) in [5.41, 5.74) is -1.15. The molecule has 0 bridgehead atoms. The summed E-state index contributed by atoms with van der Waals surface area (Å²) < 4.78 is 0. The maximum Gasteiger partial charge on any atom is 0.282 e. The van der Waals surface area contributed by atoms with Crippen molar-refractivity contribution in [1.82, 2.24) is 5.32 Å². The molecule has 0 aliphatic rings. The smallest absolute Gasteiger partial charge is 0.282 e. The molecule has 0 saturated heterocycles. The number of hydrogen-bond acceptors (Lipinski definition) is 5. The third-order valence-electron chi connectivity index (χ3n) is 3.25. The summed E-state index contributed by atoms with van der Waals surface area (Å²) >= 11 is 0. The highest BCUT2D eigenvalue weighted by Gasteiger charge is 2.33. The van der Waals surface area contributed by atoms with E-state index in [0.717, 1.165) is 0 Å². The van der Waals surface area contributed by atoms with Gasteiger partial charge in [0.25, 0.3) is 17.3 Å². The van der Waals surface area contributed by atoms with Crippen LogP contribution >= 0.6 is 0 Å². The minimum absolute atomic E-state index is 0.0149. The second-order valence-electron chi connectivity index (χ2n) is 6.17. The average Bonchev–Trinajstić information content (AvgIpc) is 2.23. The van der Waals surface area contributed by atoms with Crippen LogP contribution < -0.4 is 5.32 Å². The Morgan fingerprint density at radius 3 is 1.55 bits per heavy atom. The fraction of sp³-hybridized carbons (Fsp3) is 0.500. The van der Waals surface area contributed by atoms with Gasteiger partial charge in [0.2, 0.25) is 0 Å². The molecule has 1 N–H and O–H groups in total. The molecule has 0 aliphatic heterocycles. The monoisotopic (exact) mass is 309 g/mol. The first kappa shape index (κ1) is 17.5. The molecule has 0 aromatic heterocycles. The quantitative estimate of drug-likeness (QED) is 0.680. The van der Waals surface area contributed by atoms with E-state index in [2.05, 4.69) is 5.32 Å². The number of nitrogens with one attached hydrogen (secondary N) is 1. The van der Waals surface area contributed by atoms with E-state index >= 15 is 0 Å². The molecular formula is C14H19N3O5. The zero-order chi connectivity index (χ0) is 17.4. The molecule has 22 heavy (non-hydrogen) atoms. The zero-order valence-corrected chi connectivity index (χ0v) is 13.4. The first-order chi connectivity index (χ1) is 9.88. The molecule has 0 aliphatic carbocycles. The van der Waals surface area contributed by atoms with Gasteiger partial charge in [-0.1, -0.05) is 0 Å². The molecule has 8 nitrogen and oxygen atoms in total. The van der Waals surface area contributed by atoms with E-state index in [9.17, 15) is 25.0 Å². The van der Waals surface area contributed by atoms with Crippen LogP contribution in [0.5, 0.6) is 0 Å². The fourth-order valence-electron chi connectivity index (χ4n) is 2.48. The van der Waals surface area contributed by atoms with Crippen LogP contribution in [0.15, 0.2) is 0 Å². The first-order valence-corrected chi connectivity index (χ1v) is 6.63. The molecule has 1 rings (SSSR count). The number of rotatable bonds is 3. The summed E-state index contributed by atoms with van der Waals surface area (Å²) in [7, 11) is 0. The van der Waals surface area contributed by atoms with Gasteiger partial charge in [0.05, 0.1) is 15.4 Å². The van der Waals surface area contributed by atoms with Gasteiger partial charge in [-0.15, -0.1) is 0 Å². The van der Waals surface area contributed by atoms with Gasteiger partial charge in [0.15, 0.2) is 0 Å². The summed E-state index contributed by atoms with van der Waals surface area (Å²) in [5.74, 6) is -0.561. The van der Waals surface area contributed by atoms with Gasteiger partial charge < -0.3 is 5.32 Å². The van der Waals surface area contributed by atoms with E-state index in [1.54, 1.807) is 20.8 Å². The van der Waals surface area contributed by atoms with Crippen molar-refractivity contribution in [2.45, 2.75) is 47.1 Å². The third kappa shape index (κ3) is 3.21. The van der Waals surface area contributed by atoms with Crippen molar-refractivity contribution in [3.8, 4) is 0 Å². The predicted molar refractivity (Wildman–Crippen MR) is 81.2 cm³/mol. The van der Waals surface area contributed by atoms with Gasteiger partial charge in [-0.2, -0.15) is 0 Å². The Kier molecular flexibility index (Phi) is 4.55. The number of nitrogens with zero attached hydrogens (tertiary/aromatic N) is 2. The summed E-state index contributed by atoms with van der Waals surface area (Å²) in [6.45, 7) is 9.45. The molecule has 0 atom stereocenters. The highest BCUT2D eigenvalue weighted by Crippen LogP contribution is 2.37. The Labute approximate surface area is 127 Å². The molecule has 0 heterocycles. The van der Waals surface area contributed by atoms with Crippen molar-refractivity contribution in [3.05, 3.63) is 42.5 Å². The number of nitro groups is 2. The van der Waals surface area contributed by atoms with Crippen molar-refractivity contribution < 1.29 is 14.6 Å². The van der Waals surface area contributed by atoms with Gasteiger partial charge in [-0.05, 0) is 41.5 Å². The molecule has 1 amide bonds. The van der Waals surface area contributed by atoms with E-state index in [-0.39, 0.29) is 22.3 Å². The Morgan fingerprint density at radius 2 is 1.27 bits per heavy atom. The zero-order valence-electron chi connectivity index (χ0n) is 13.4. The second-order valence-corrected chi connectivity index (χ2v) is 6.17. The van der Waals surface area contributed by atoms with Crippen LogP contribution in [0.2, 0.25) is 0 Å². The largest absolute Gasteiger partial charge is 0.347 e. The average molecular weight is 309 g/mol. The van der Waals surface area contributed by atoms with Crippen molar-refractivity contribution >= 4 is 17.3 Å². The lowest BCUT2D eigenvalue weighted by atomic mass is 9.93. The van der Waals surface area contributed by atoms with E-state index in [4.69, 9.17) is 0 Å². The molecule has 1 aromatic rings. The molecule has 120 valence electrons. The number of amides is 1. The maximum absolute atomic E-state index is 12.4. The lowest BCUT2D eigenvalue weighted by Crippen LogP contribution is -2.41. The minimum atomic E-state index is -0.690. The maximum atomic E-state index is 12.4. The van der Waals surface area contributed by atoms with Gasteiger partial charge >= 0.3 is 0 Å². The molecule has 0 fully saturated rings. The van der Waals surface area contributed by atoms with Crippen LogP contribution in [0, 0.1) is 41.0 Å². The topological polar surface area (TPSA) is 115 Å². The Balaban J connectivity index is 3.75. The molecule has 8 heteroatoms. The van der Waals surface area contributed by atoms with E-state index in [0.29, 0.717) is 0 Å². The van der Waals surface area contributed by atoms with Crippen LogP contribution in [0.25, 0.3) is 0 Å². The number of benzene rings is 1. The molecule has 0 spiro atoms. The number of nitro benzene ring substituents is 2. The van der Waals surface area contributed by atoms with Crippen molar-refractivity contribution in [2.24, 2.45) is 0 Å². The molecule has 0 unspecified atom stereocenters. The van der Waals surface area contributed by atoms with E-state index in [1.807, 2.05) is 0 Å². The summed E-state index contributed by atoms with van der Waals surface area (Å²) in [6.07, 6.45) is 0. The third-order valence-corrected chi connectivity index (χ3v) is 3.25. The molecule has 0 radical (unpaired) electrons. The normalized spacial score (nSPS) is 11.2. The Hall–Kier alpha value is -2.51. The Bertz CT molecular complexity index is 633. The van der Waals surface area contributed by atoms with Crippen molar-refractivity contribution in [2.75, 3.05) is 0 Å². The van der Waals surface area contributed by atoms with E-state index < -0.39 is 32.7 Å². The summed E-state index contributed by atoms with van der Waals surface area (Å²) in [6, 6.07) is 0. The highest BCUT2D eigenvalue weighted by atomic mass is 16.6. The highest BCUT2D eigenvalue weighted by molar-refractivity contribution is 6.00. The summed E-state index contributed by atoms with van der Waals surface area (Å²) in [5, 5.41) is 25.2. The van der Waals surface area contributed by atoms with Crippen molar-refractivity contribution in [3.63, 3.8) is 0 Å². The minimum Gasteiger partial charge on any atom is -0.347 e. The van der Waals surface area contributed by atoms with Crippen LogP contribution in [-0.2, 0) is 0 Å². The van der Waals surface area contributed by atoms with Gasteiger partial charge in [0.1, 0.15) is 5.56 Å². The second kappa shape index (κ2) is 5.70. The molecular weight excluding hydrogens is 290 g/mol. The van der Waals surface area contributed by atoms with E-state index in [1.165, 1.54) is 20.8 Å². The van der Waals surface area contributed by atoms with Crippen LogP contribution in [0.3, 0.4) is 0 Å². The molecule has 0 saturated carbocycles. The Morgan fingerprint density at radius 1 is 0.909 bits per heavy atom. The fourth-order valence-corrected chi connectivity index (χ4v) is 2.48. The molecule has 1 aromatic carbocycles. The lowest BCUT2D eigenvalue weighted by Gasteiger charge is -2.22. The van der Waals surface area contributed by atoms with Gasteiger partial charge in [-0.25, -0.2) is 0 Å².